The smallest absolute Gasteiger partial charge is 0.411 e. The summed E-state index contributed by atoms with van der Waals surface area (Å²) in [5.74, 6) is 0.356. The van der Waals surface area contributed by atoms with Crippen molar-refractivity contribution in [1.82, 2.24) is 5.43 Å². The molecule has 2 fully saturated rings. The molecule has 2 amide bonds. The summed E-state index contributed by atoms with van der Waals surface area (Å²) in [4.78, 5) is 24.0. The van der Waals surface area contributed by atoms with Crippen molar-refractivity contribution in [3.63, 3.8) is 0 Å². The third-order valence-electron chi connectivity index (χ3n) is 6.45. The van der Waals surface area contributed by atoms with Crippen molar-refractivity contribution < 1.29 is 14.3 Å². The average molecular weight is 357 g/mol. The Morgan fingerprint density at radius 1 is 1.31 bits per heavy atom. The number of amides is 2. The van der Waals surface area contributed by atoms with Gasteiger partial charge in [0.05, 0.1) is 6.61 Å². The van der Waals surface area contributed by atoms with Crippen LogP contribution in [-0.4, -0.2) is 24.3 Å². The van der Waals surface area contributed by atoms with Crippen LogP contribution in [0.2, 0.25) is 0 Å². The lowest BCUT2D eigenvalue weighted by Gasteiger charge is -2.34. The van der Waals surface area contributed by atoms with Gasteiger partial charge in [0, 0.05) is 22.4 Å². The summed E-state index contributed by atoms with van der Waals surface area (Å²) in [5.41, 5.74) is 5.02. The number of ether oxygens (including phenoxy) is 1. The van der Waals surface area contributed by atoms with Crippen LogP contribution in [0.4, 0.5) is 10.5 Å². The monoisotopic (exact) mass is 357 g/mol. The molecule has 0 aliphatic heterocycles. The molecule has 2 N–H and O–H groups in total. The first kappa shape index (κ1) is 18.4. The highest BCUT2D eigenvalue weighted by molar-refractivity contribution is 5.99. The van der Waals surface area contributed by atoms with Gasteiger partial charge in [0.2, 0.25) is 0 Å². The van der Waals surface area contributed by atoms with Crippen molar-refractivity contribution in [2.45, 2.75) is 47.0 Å². The van der Waals surface area contributed by atoms with Crippen LogP contribution in [0.15, 0.2) is 29.4 Å². The largest absolute Gasteiger partial charge is 0.450 e. The molecule has 1 aromatic rings. The Morgan fingerprint density at radius 3 is 2.69 bits per heavy atom. The van der Waals surface area contributed by atoms with E-state index in [9.17, 15) is 9.59 Å². The molecule has 2 aliphatic rings. The molecule has 6 nitrogen and oxygen atoms in total. The normalized spacial score (nSPS) is 27.4. The summed E-state index contributed by atoms with van der Waals surface area (Å²) in [5, 5.41) is 7.07. The van der Waals surface area contributed by atoms with Crippen LogP contribution in [0.1, 0.15) is 57.3 Å². The van der Waals surface area contributed by atoms with Crippen LogP contribution >= 0.6 is 0 Å². The van der Waals surface area contributed by atoms with Gasteiger partial charge >= 0.3 is 6.09 Å². The predicted molar refractivity (Wildman–Crippen MR) is 101 cm³/mol. The number of benzene rings is 1. The molecule has 6 heteroatoms. The summed E-state index contributed by atoms with van der Waals surface area (Å²) in [6, 6.07) is 6.72. The van der Waals surface area contributed by atoms with E-state index >= 15 is 0 Å². The van der Waals surface area contributed by atoms with Crippen molar-refractivity contribution in [3.8, 4) is 0 Å². The Labute approximate surface area is 154 Å². The van der Waals surface area contributed by atoms with Gasteiger partial charge in [-0.3, -0.25) is 10.1 Å². The van der Waals surface area contributed by atoms with Crippen molar-refractivity contribution in [1.29, 1.82) is 0 Å². The van der Waals surface area contributed by atoms with Gasteiger partial charge in [0.15, 0.2) is 0 Å². The molecule has 3 rings (SSSR count). The first-order chi connectivity index (χ1) is 12.3. The minimum atomic E-state index is -0.539. The molecule has 0 aromatic heterocycles. The zero-order valence-electron chi connectivity index (χ0n) is 15.9. The second kappa shape index (κ2) is 6.74. The summed E-state index contributed by atoms with van der Waals surface area (Å²) in [6.45, 7) is 8.90. The van der Waals surface area contributed by atoms with Crippen LogP contribution in [0.5, 0.6) is 0 Å². The van der Waals surface area contributed by atoms with Crippen LogP contribution in [-0.2, 0) is 4.74 Å². The molecule has 0 radical (unpaired) electrons. The minimum absolute atomic E-state index is 0.0538. The zero-order chi connectivity index (χ0) is 18.9. The third kappa shape index (κ3) is 3.08. The summed E-state index contributed by atoms with van der Waals surface area (Å²) in [7, 11) is 0. The molecule has 26 heavy (non-hydrogen) atoms. The predicted octanol–water partition coefficient (Wildman–Crippen LogP) is 4.19. The van der Waals surface area contributed by atoms with Gasteiger partial charge in [-0.25, -0.2) is 10.2 Å². The number of carbonyl (C=O) groups is 2. The fourth-order valence-corrected chi connectivity index (χ4v) is 4.30. The van der Waals surface area contributed by atoms with E-state index in [-0.39, 0.29) is 16.7 Å². The van der Waals surface area contributed by atoms with Gasteiger partial charge in [-0.2, -0.15) is 5.10 Å². The van der Waals surface area contributed by atoms with Gasteiger partial charge in [-0.05, 0) is 55.7 Å². The van der Waals surface area contributed by atoms with E-state index in [0.717, 1.165) is 18.6 Å². The number of nitrogens with zero attached hydrogens (tertiary/aromatic N) is 1. The fraction of sp³-hybridized carbons (Fsp3) is 0.550. The maximum atomic E-state index is 12.5. The molecule has 0 saturated heterocycles. The number of hydrazone groups is 1. The molecule has 0 unspecified atom stereocenters. The Hall–Kier alpha value is -2.37. The summed E-state index contributed by atoms with van der Waals surface area (Å²) >= 11 is 0. The maximum Gasteiger partial charge on any atom is 0.411 e. The maximum absolute atomic E-state index is 12.5. The van der Waals surface area contributed by atoms with E-state index in [4.69, 9.17) is 4.74 Å². The van der Waals surface area contributed by atoms with Gasteiger partial charge in [0.25, 0.3) is 5.91 Å². The van der Waals surface area contributed by atoms with Crippen LogP contribution < -0.4 is 10.7 Å². The van der Waals surface area contributed by atoms with E-state index < -0.39 is 6.09 Å². The molecule has 140 valence electrons. The summed E-state index contributed by atoms with van der Waals surface area (Å²) in [6.07, 6.45) is 2.77. The average Bonchev–Trinajstić information content (AvgIpc) is 2.93. The number of anilines is 1. The zero-order valence-corrected chi connectivity index (χ0v) is 15.9. The Kier molecular flexibility index (Phi) is 4.78. The molecular formula is C20H27N3O3. The first-order valence-electron chi connectivity index (χ1n) is 9.19. The Balaban J connectivity index is 1.69. The van der Waals surface area contributed by atoms with Gasteiger partial charge in [0.1, 0.15) is 0 Å². The SMILES string of the molecule is CCOC(=O)Nc1cccc(C(=O)N/N=C2/C[C@H]3CC[C@]2(C)C3(C)C)c1. The number of rotatable bonds is 4. The number of fused-ring (bicyclic) bond motifs is 2. The van der Waals surface area contributed by atoms with E-state index in [0.29, 0.717) is 23.8 Å². The molecule has 2 atom stereocenters. The Bertz CT molecular complexity index is 756. The highest BCUT2D eigenvalue weighted by Crippen LogP contribution is 2.63. The van der Waals surface area contributed by atoms with E-state index in [1.165, 1.54) is 6.42 Å². The van der Waals surface area contributed by atoms with Crippen LogP contribution in [0.3, 0.4) is 0 Å². The van der Waals surface area contributed by atoms with E-state index in [1.807, 2.05) is 0 Å². The molecule has 2 bridgehead atoms. The standard InChI is InChI=1S/C20H27N3O3/c1-5-26-18(25)21-15-8-6-7-13(11-15)17(24)23-22-16-12-14-9-10-20(16,4)19(14,2)3/h6-8,11,14H,5,9-10,12H2,1-4H3,(H,21,25)(H,23,24)/b22-16-/t14-,20+/m1/s1. The highest BCUT2D eigenvalue weighted by atomic mass is 16.5. The summed E-state index contributed by atoms with van der Waals surface area (Å²) < 4.78 is 4.85. The van der Waals surface area contributed by atoms with Crippen molar-refractivity contribution >= 4 is 23.4 Å². The third-order valence-corrected chi connectivity index (χ3v) is 6.45. The molecular weight excluding hydrogens is 330 g/mol. The second-order valence-electron chi connectivity index (χ2n) is 7.92. The lowest BCUT2D eigenvalue weighted by atomic mass is 9.70. The van der Waals surface area contributed by atoms with Crippen molar-refractivity contribution in [2.24, 2.45) is 21.8 Å². The first-order valence-corrected chi connectivity index (χ1v) is 9.19. The van der Waals surface area contributed by atoms with Gasteiger partial charge < -0.3 is 4.74 Å². The Morgan fingerprint density at radius 2 is 2.08 bits per heavy atom. The van der Waals surface area contributed by atoms with Crippen molar-refractivity contribution in [2.75, 3.05) is 11.9 Å². The van der Waals surface area contributed by atoms with E-state index in [1.54, 1.807) is 31.2 Å². The number of nitrogens with one attached hydrogen (secondary N) is 2. The molecule has 0 heterocycles. The second-order valence-corrected chi connectivity index (χ2v) is 7.92. The molecule has 2 aliphatic carbocycles. The minimum Gasteiger partial charge on any atom is -0.450 e. The number of carbonyl (C=O) groups excluding carboxylic acids is 2. The molecule has 2 saturated carbocycles. The van der Waals surface area contributed by atoms with Gasteiger partial charge in [-0.15, -0.1) is 0 Å². The van der Waals surface area contributed by atoms with Crippen molar-refractivity contribution in [3.05, 3.63) is 29.8 Å². The van der Waals surface area contributed by atoms with Crippen LogP contribution in [0, 0.1) is 16.7 Å². The van der Waals surface area contributed by atoms with Crippen LogP contribution in [0.25, 0.3) is 0 Å². The van der Waals surface area contributed by atoms with Gasteiger partial charge in [-0.1, -0.05) is 26.8 Å². The molecule has 0 spiro atoms. The molecule has 1 aromatic carbocycles. The number of hydrogen-bond donors (Lipinski definition) is 2. The quantitative estimate of drug-likeness (QED) is 0.793. The van der Waals surface area contributed by atoms with E-state index in [2.05, 4.69) is 36.6 Å². The lowest BCUT2D eigenvalue weighted by molar-refractivity contribution is 0.0953. The lowest BCUT2D eigenvalue weighted by Crippen LogP contribution is -2.34. The fourth-order valence-electron chi connectivity index (χ4n) is 4.30. The topological polar surface area (TPSA) is 79.8 Å². The highest BCUT2D eigenvalue weighted by Gasteiger charge is 2.60. The number of hydrogen-bond acceptors (Lipinski definition) is 4.